The number of aliphatic hydroxyl groups is 1. The minimum absolute atomic E-state index is 0.469. The summed E-state index contributed by atoms with van der Waals surface area (Å²) >= 11 is 0. The van der Waals surface area contributed by atoms with Crippen molar-refractivity contribution in [3.8, 4) is 0 Å². The monoisotopic (exact) mass is 226 g/mol. The highest BCUT2D eigenvalue weighted by atomic mass is 16.3. The lowest BCUT2D eigenvalue weighted by Gasteiger charge is -2.13. The topological polar surface area (TPSA) is 58.6 Å². The van der Waals surface area contributed by atoms with E-state index >= 15 is 0 Å². The predicted octanol–water partition coefficient (Wildman–Crippen LogP) is 2.08. The zero-order valence-corrected chi connectivity index (χ0v) is 9.32. The number of benzene rings is 2. The molecule has 17 heavy (non-hydrogen) atoms. The predicted molar refractivity (Wildman–Crippen MR) is 68.6 cm³/mol. The van der Waals surface area contributed by atoms with Crippen LogP contribution in [0.4, 0.5) is 0 Å². The quantitative estimate of drug-likeness (QED) is 0.478. The second kappa shape index (κ2) is 5.27. The molecule has 0 heterocycles. The van der Waals surface area contributed by atoms with Crippen LogP contribution in [0.1, 0.15) is 17.2 Å². The van der Waals surface area contributed by atoms with Crippen LogP contribution in [0.15, 0.2) is 65.8 Å². The van der Waals surface area contributed by atoms with Crippen molar-refractivity contribution < 1.29 is 5.11 Å². The lowest BCUT2D eigenvalue weighted by molar-refractivity contribution is 0.247. The molecule has 0 saturated heterocycles. The second-order valence-electron chi connectivity index (χ2n) is 3.69. The maximum Gasteiger partial charge on any atom is 0.123 e. The molecule has 0 fully saturated rings. The molecule has 0 bridgehead atoms. The highest BCUT2D eigenvalue weighted by Gasteiger charge is 2.16. The van der Waals surface area contributed by atoms with Crippen molar-refractivity contribution >= 4 is 5.71 Å². The van der Waals surface area contributed by atoms with Crippen LogP contribution < -0.4 is 5.84 Å². The Morgan fingerprint density at radius 1 is 0.941 bits per heavy atom. The molecule has 0 radical (unpaired) electrons. The van der Waals surface area contributed by atoms with Gasteiger partial charge in [-0.2, -0.15) is 5.10 Å². The number of nitrogens with zero attached hydrogens (tertiary/aromatic N) is 1. The van der Waals surface area contributed by atoms with Gasteiger partial charge in [-0.15, -0.1) is 0 Å². The van der Waals surface area contributed by atoms with Crippen LogP contribution in [0, 0.1) is 0 Å². The SMILES string of the molecule is N/N=C(/c1ccccc1)[C@H](O)c1ccccc1. The fourth-order valence-electron chi connectivity index (χ4n) is 1.71. The van der Waals surface area contributed by atoms with Crippen molar-refractivity contribution in [3.63, 3.8) is 0 Å². The first-order valence-corrected chi connectivity index (χ1v) is 5.39. The number of hydrogen-bond acceptors (Lipinski definition) is 3. The van der Waals surface area contributed by atoms with Crippen molar-refractivity contribution in [2.24, 2.45) is 10.9 Å². The van der Waals surface area contributed by atoms with Crippen LogP contribution in [0.25, 0.3) is 0 Å². The van der Waals surface area contributed by atoms with E-state index in [2.05, 4.69) is 5.10 Å². The van der Waals surface area contributed by atoms with Gasteiger partial charge in [-0.3, -0.25) is 0 Å². The molecule has 0 aliphatic rings. The van der Waals surface area contributed by atoms with Gasteiger partial charge in [0.15, 0.2) is 0 Å². The average molecular weight is 226 g/mol. The number of aliphatic hydroxyl groups excluding tert-OH is 1. The zero-order chi connectivity index (χ0) is 12.1. The van der Waals surface area contributed by atoms with Gasteiger partial charge in [0.1, 0.15) is 11.8 Å². The first-order chi connectivity index (χ1) is 8.33. The third-order valence-electron chi connectivity index (χ3n) is 2.58. The van der Waals surface area contributed by atoms with Crippen LogP contribution in [0.5, 0.6) is 0 Å². The van der Waals surface area contributed by atoms with Gasteiger partial charge in [-0.25, -0.2) is 0 Å². The summed E-state index contributed by atoms with van der Waals surface area (Å²) in [6.45, 7) is 0. The molecule has 0 aliphatic carbocycles. The van der Waals surface area contributed by atoms with Gasteiger partial charge in [0.25, 0.3) is 0 Å². The first-order valence-electron chi connectivity index (χ1n) is 5.39. The molecular weight excluding hydrogens is 212 g/mol. The van der Waals surface area contributed by atoms with E-state index in [0.29, 0.717) is 5.71 Å². The molecular formula is C14H14N2O. The molecule has 0 spiro atoms. The lowest BCUT2D eigenvalue weighted by Crippen LogP contribution is -2.15. The summed E-state index contributed by atoms with van der Waals surface area (Å²) in [5.41, 5.74) is 2.07. The molecule has 2 aromatic rings. The molecule has 0 amide bonds. The third-order valence-corrected chi connectivity index (χ3v) is 2.58. The Labute approximate surface area is 100 Å². The average Bonchev–Trinajstić information content (AvgIpc) is 2.42. The van der Waals surface area contributed by atoms with Crippen LogP contribution in [-0.4, -0.2) is 10.8 Å². The Bertz CT molecular complexity index is 494. The zero-order valence-electron chi connectivity index (χ0n) is 9.32. The maximum absolute atomic E-state index is 10.2. The van der Waals surface area contributed by atoms with E-state index in [9.17, 15) is 5.11 Å². The second-order valence-corrected chi connectivity index (χ2v) is 3.69. The van der Waals surface area contributed by atoms with E-state index in [1.54, 1.807) is 0 Å². The normalized spacial score (nSPS) is 13.4. The fourth-order valence-corrected chi connectivity index (χ4v) is 1.71. The van der Waals surface area contributed by atoms with Crippen LogP contribution >= 0.6 is 0 Å². The minimum Gasteiger partial charge on any atom is -0.382 e. The van der Waals surface area contributed by atoms with Crippen molar-refractivity contribution in [1.29, 1.82) is 0 Å². The standard InChI is InChI=1S/C14H14N2O/c15-16-13(11-7-3-1-4-8-11)14(17)12-9-5-2-6-10-12/h1-10,14,17H,15H2/b16-13-/t14-/m1/s1. The number of nitrogens with two attached hydrogens (primary N) is 1. The molecule has 3 nitrogen and oxygen atoms in total. The highest BCUT2D eigenvalue weighted by molar-refractivity contribution is 6.03. The van der Waals surface area contributed by atoms with Crippen molar-refractivity contribution in [2.45, 2.75) is 6.10 Å². The molecule has 0 aromatic heterocycles. The van der Waals surface area contributed by atoms with E-state index in [1.165, 1.54) is 0 Å². The van der Waals surface area contributed by atoms with E-state index in [-0.39, 0.29) is 0 Å². The van der Waals surface area contributed by atoms with Crippen LogP contribution in [0.3, 0.4) is 0 Å². The van der Waals surface area contributed by atoms with Gasteiger partial charge in [-0.05, 0) is 5.56 Å². The molecule has 2 aromatic carbocycles. The van der Waals surface area contributed by atoms with Crippen molar-refractivity contribution in [2.75, 3.05) is 0 Å². The largest absolute Gasteiger partial charge is 0.382 e. The Morgan fingerprint density at radius 3 is 2.00 bits per heavy atom. The number of hydrazone groups is 1. The summed E-state index contributed by atoms with van der Waals surface area (Å²) < 4.78 is 0. The number of hydrogen-bond donors (Lipinski definition) is 2. The molecule has 2 rings (SSSR count). The van der Waals surface area contributed by atoms with Gasteiger partial charge < -0.3 is 10.9 Å². The molecule has 0 aliphatic heterocycles. The van der Waals surface area contributed by atoms with Crippen LogP contribution in [-0.2, 0) is 0 Å². The summed E-state index contributed by atoms with van der Waals surface area (Å²) in [5.74, 6) is 5.37. The van der Waals surface area contributed by atoms with E-state index < -0.39 is 6.10 Å². The van der Waals surface area contributed by atoms with Gasteiger partial charge in [-0.1, -0.05) is 60.7 Å². The summed E-state index contributed by atoms with van der Waals surface area (Å²) in [4.78, 5) is 0. The minimum atomic E-state index is -0.802. The maximum atomic E-state index is 10.2. The molecule has 86 valence electrons. The summed E-state index contributed by atoms with van der Waals surface area (Å²) in [7, 11) is 0. The Hall–Kier alpha value is -2.13. The number of rotatable bonds is 3. The summed E-state index contributed by atoms with van der Waals surface area (Å²) in [6.07, 6.45) is -0.802. The van der Waals surface area contributed by atoms with E-state index in [1.807, 2.05) is 60.7 Å². The van der Waals surface area contributed by atoms with E-state index in [0.717, 1.165) is 11.1 Å². The molecule has 1 atom stereocenters. The molecule has 0 saturated carbocycles. The van der Waals surface area contributed by atoms with Crippen molar-refractivity contribution in [1.82, 2.24) is 0 Å². The van der Waals surface area contributed by atoms with Gasteiger partial charge in [0.2, 0.25) is 0 Å². The molecule has 3 N–H and O–H groups in total. The van der Waals surface area contributed by atoms with Gasteiger partial charge in [0, 0.05) is 5.56 Å². The Morgan fingerprint density at radius 2 is 1.47 bits per heavy atom. The van der Waals surface area contributed by atoms with Crippen molar-refractivity contribution in [3.05, 3.63) is 71.8 Å². The van der Waals surface area contributed by atoms with Crippen LogP contribution in [0.2, 0.25) is 0 Å². The van der Waals surface area contributed by atoms with Gasteiger partial charge in [0.05, 0.1) is 0 Å². The first kappa shape index (κ1) is 11.4. The Kier molecular flexibility index (Phi) is 3.52. The molecule has 0 unspecified atom stereocenters. The third kappa shape index (κ3) is 2.52. The Balaban J connectivity index is 2.33. The highest BCUT2D eigenvalue weighted by Crippen LogP contribution is 2.18. The van der Waals surface area contributed by atoms with Gasteiger partial charge >= 0.3 is 0 Å². The molecule has 3 heteroatoms. The van der Waals surface area contributed by atoms with E-state index in [4.69, 9.17) is 5.84 Å². The summed E-state index contributed by atoms with van der Waals surface area (Å²) in [5, 5.41) is 13.9. The fraction of sp³-hybridized carbons (Fsp3) is 0.0714. The smallest absolute Gasteiger partial charge is 0.123 e. The lowest BCUT2D eigenvalue weighted by atomic mass is 9.99. The summed E-state index contributed by atoms with van der Waals surface area (Å²) in [6, 6.07) is 18.8.